The van der Waals surface area contributed by atoms with Gasteiger partial charge in [-0.15, -0.1) is 0 Å². The van der Waals surface area contributed by atoms with E-state index in [1.54, 1.807) is 0 Å². The van der Waals surface area contributed by atoms with Gasteiger partial charge in [0.15, 0.2) is 0 Å². The third kappa shape index (κ3) is 1.71. The van der Waals surface area contributed by atoms with Gasteiger partial charge in [0.2, 0.25) is 5.91 Å². The van der Waals surface area contributed by atoms with Gasteiger partial charge in [-0.25, -0.2) is 0 Å². The molecule has 1 saturated heterocycles. The van der Waals surface area contributed by atoms with E-state index in [1.807, 2.05) is 11.8 Å². The lowest BCUT2D eigenvalue weighted by Gasteiger charge is -2.44. The molecule has 1 unspecified atom stereocenters. The number of carbonyl (C=O) groups is 1. The molecule has 1 atom stereocenters. The summed E-state index contributed by atoms with van der Waals surface area (Å²) in [7, 11) is 0. The quantitative estimate of drug-likeness (QED) is 0.734. The number of hydrogen-bond donors (Lipinski definition) is 1. The third-order valence-corrected chi connectivity index (χ3v) is 4.78. The number of nitrogens with one attached hydrogen (secondary N) is 1. The Morgan fingerprint density at radius 3 is 2.46 bits per heavy atom. The van der Waals surface area contributed by atoms with E-state index >= 15 is 0 Å². The summed E-state index contributed by atoms with van der Waals surface area (Å²) in [6.45, 7) is 4.40. The minimum Gasteiger partial charge on any atom is -0.351 e. The van der Waals surface area contributed by atoms with E-state index in [2.05, 4.69) is 19.2 Å². The van der Waals surface area contributed by atoms with Crippen molar-refractivity contribution >= 4 is 17.7 Å². The zero-order valence-corrected chi connectivity index (χ0v) is 9.12. The first-order chi connectivity index (χ1) is 6.09. The second kappa shape index (κ2) is 3.19. The highest BCUT2D eigenvalue weighted by Gasteiger charge is 2.41. The third-order valence-electron chi connectivity index (χ3n) is 3.25. The molecule has 1 aliphatic carbocycles. The van der Waals surface area contributed by atoms with E-state index in [9.17, 15) is 4.79 Å². The Morgan fingerprint density at radius 2 is 2.15 bits per heavy atom. The van der Waals surface area contributed by atoms with E-state index in [1.165, 1.54) is 6.42 Å². The lowest BCUT2D eigenvalue weighted by Crippen LogP contribution is -2.57. The van der Waals surface area contributed by atoms with Crippen LogP contribution in [-0.4, -0.2) is 22.4 Å². The average Bonchev–Trinajstić information content (AvgIpc) is 1.95. The molecule has 0 aromatic heterocycles. The predicted molar refractivity (Wildman–Crippen MR) is 55.8 cm³/mol. The Labute approximate surface area is 83.8 Å². The van der Waals surface area contributed by atoms with Gasteiger partial charge in [-0.3, -0.25) is 4.79 Å². The minimum absolute atomic E-state index is 0.263. The van der Waals surface area contributed by atoms with E-state index in [0.29, 0.717) is 17.9 Å². The van der Waals surface area contributed by atoms with E-state index < -0.39 is 0 Å². The largest absolute Gasteiger partial charge is 0.351 e. The summed E-state index contributed by atoms with van der Waals surface area (Å²) in [5.74, 6) is 1.72. The van der Waals surface area contributed by atoms with Gasteiger partial charge in [-0.2, -0.15) is 11.8 Å². The molecular formula is C10H17NOS. The second-order valence-corrected chi connectivity index (χ2v) is 6.28. The summed E-state index contributed by atoms with van der Waals surface area (Å²) in [4.78, 5) is 11.6. The van der Waals surface area contributed by atoms with Crippen LogP contribution in [0.5, 0.6) is 0 Å². The molecule has 0 radical (unpaired) electrons. The highest BCUT2D eigenvalue weighted by atomic mass is 32.2. The molecule has 0 aromatic carbocycles. The second-order valence-electron chi connectivity index (χ2n) is 4.60. The molecule has 1 saturated carbocycles. The van der Waals surface area contributed by atoms with E-state index in [4.69, 9.17) is 0 Å². The van der Waals surface area contributed by atoms with Crippen molar-refractivity contribution in [1.82, 2.24) is 5.32 Å². The fourth-order valence-corrected chi connectivity index (χ4v) is 2.82. The van der Waals surface area contributed by atoms with Gasteiger partial charge in [0, 0.05) is 16.4 Å². The molecule has 3 heteroatoms. The summed E-state index contributed by atoms with van der Waals surface area (Å²) in [6.07, 6.45) is 3.44. The van der Waals surface area contributed by atoms with Crippen molar-refractivity contribution < 1.29 is 4.79 Å². The lowest BCUT2D eigenvalue weighted by molar-refractivity contribution is -0.128. The number of amides is 1. The molecule has 0 spiro atoms. The Bertz CT molecular complexity index is 223. The Hall–Kier alpha value is -0.180. The van der Waals surface area contributed by atoms with Gasteiger partial charge in [0.1, 0.15) is 0 Å². The van der Waals surface area contributed by atoms with E-state index in [0.717, 1.165) is 18.6 Å². The SMILES string of the molecule is CC1(C)SCC1NC(=O)C1CCC1. The molecule has 1 aliphatic heterocycles. The van der Waals surface area contributed by atoms with Crippen LogP contribution in [0.15, 0.2) is 0 Å². The van der Waals surface area contributed by atoms with Crippen LogP contribution in [0.1, 0.15) is 33.1 Å². The average molecular weight is 199 g/mol. The first kappa shape index (κ1) is 9.38. The van der Waals surface area contributed by atoms with Crippen molar-refractivity contribution in [2.45, 2.75) is 43.9 Å². The molecule has 2 rings (SSSR count). The predicted octanol–water partition coefficient (Wildman–Crippen LogP) is 1.80. The Balaban J connectivity index is 1.80. The van der Waals surface area contributed by atoms with Crippen molar-refractivity contribution in [3.8, 4) is 0 Å². The van der Waals surface area contributed by atoms with Gasteiger partial charge in [0.25, 0.3) is 0 Å². The van der Waals surface area contributed by atoms with Gasteiger partial charge < -0.3 is 5.32 Å². The summed E-state index contributed by atoms with van der Waals surface area (Å²) in [5, 5.41) is 3.15. The number of carbonyl (C=O) groups excluding carboxylic acids is 1. The summed E-state index contributed by atoms with van der Waals surface area (Å²) in [6, 6.07) is 0.408. The molecule has 2 fully saturated rings. The first-order valence-corrected chi connectivity index (χ1v) is 6.02. The van der Waals surface area contributed by atoms with Crippen LogP contribution in [0, 0.1) is 5.92 Å². The molecule has 1 amide bonds. The molecule has 1 N–H and O–H groups in total. The van der Waals surface area contributed by atoms with Crippen molar-refractivity contribution in [2.24, 2.45) is 5.92 Å². The Morgan fingerprint density at radius 1 is 1.46 bits per heavy atom. The number of hydrogen-bond acceptors (Lipinski definition) is 2. The monoisotopic (exact) mass is 199 g/mol. The van der Waals surface area contributed by atoms with Crippen molar-refractivity contribution in [1.29, 1.82) is 0 Å². The van der Waals surface area contributed by atoms with Gasteiger partial charge in [0.05, 0.1) is 6.04 Å². The molecular weight excluding hydrogens is 182 g/mol. The van der Waals surface area contributed by atoms with Gasteiger partial charge >= 0.3 is 0 Å². The number of thioether (sulfide) groups is 1. The molecule has 2 aliphatic rings. The van der Waals surface area contributed by atoms with Crippen molar-refractivity contribution in [2.75, 3.05) is 5.75 Å². The Kier molecular flexibility index (Phi) is 2.30. The summed E-state index contributed by atoms with van der Waals surface area (Å²) in [5.41, 5.74) is 0. The highest BCUT2D eigenvalue weighted by molar-refractivity contribution is 8.02. The molecule has 13 heavy (non-hydrogen) atoms. The van der Waals surface area contributed by atoms with Crippen molar-refractivity contribution in [3.63, 3.8) is 0 Å². The van der Waals surface area contributed by atoms with E-state index in [-0.39, 0.29) is 4.75 Å². The van der Waals surface area contributed by atoms with Crippen LogP contribution >= 0.6 is 11.8 Å². The standard InChI is InChI=1S/C10H17NOS/c1-10(2)8(6-13-10)11-9(12)7-4-3-5-7/h7-8H,3-6H2,1-2H3,(H,11,12). The highest BCUT2D eigenvalue weighted by Crippen LogP contribution is 2.40. The van der Waals surface area contributed by atoms with Gasteiger partial charge in [-0.05, 0) is 26.7 Å². The number of rotatable bonds is 2. The molecule has 0 aromatic rings. The summed E-state index contributed by atoms with van der Waals surface area (Å²) >= 11 is 1.94. The van der Waals surface area contributed by atoms with Crippen LogP contribution in [0.2, 0.25) is 0 Å². The fraction of sp³-hybridized carbons (Fsp3) is 0.900. The van der Waals surface area contributed by atoms with Crippen molar-refractivity contribution in [3.05, 3.63) is 0 Å². The maximum absolute atomic E-state index is 11.6. The molecule has 0 bridgehead atoms. The minimum atomic E-state index is 0.263. The van der Waals surface area contributed by atoms with Crippen LogP contribution in [-0.2, 0) is 4.79 Å². The fourth-order valence-electron chi connectivity index (χ4n) is 1.68. The maximum atomic E-state index is 11.6. The maximum Gasteiger partial charge on any atom is 0.223 e. The smallest absolute Gasteiger partial charge is 0.223 e. The van der Waals surface area contributed by atoms with Crippen LogP contribution in [0.25, 0.3) is 0 Å². The van der Waals surface area contributed by atoms with Crippen LogP contribution in [0.4, 0.5) is 0 Å². The zero-order chi connectivity index (χ0) is 9.47. The molecule has 74 valence electrons. The first-order valence-electron chi connectivity index (χ1n) is 5.04. The zero-order valence-electron chi connectivity index (χ0n) is 8.30. The normalized spacial score (nSPS) is 31.7. The summed E-state index contributed by atoms with van der Waals surface area (Å²) < 4.78 is 0.263. The van der Waals surface area contributed by atoms with Crippen LogP contribution in [0.3, 0.4) is 0 Å². The topological polar surface area (TPSA) is 29.1 Å². The lowest BCUT2D eigenvalue weighted by atomic mass is 9.84. The van der Waals surface area contributed by atoms with Gasteiger partial charge in [-0.1, -0.05) is 6.42 Å². The molecule has 1 heterocycles. The van der Waals surface area contributed by atoms with Crippen LogP contribution < -0.4 is 5.32 Å². The molecule has 2 nitrogen and oxygen atoms in total.